The Hall–Kier alpha value is -2.17. The first-order valence-electron chi connectivity index (χ1n) is 6.01. The lowest BCUT2D eigenvalue weighted by molar-refractivity contribution is -0.137. The quantitative estimate of drug-likeness (QED) is 0.797. The molecule has 0 aliphatic rings. The van der Waals surface area contributed by atoms with Crippen LogP contribution in [-0.2, 0) is 9.59 Å². The van der Waals surface area contributed by atoms with Crippen molar-refractivity contribution in [2.24, 2.45) is 0 Å². The lowest BCUT2D eigenvalue weighted by atomic mass is 10.1. The number of anilines is 1. The fourth-order valence-corrected chi connectivity index (χ4v) is 1.62. The number of carboxylic acid groups (broad SMARTS) is 1. The zero-order valence-corrected chi connectivity index (χ0v) is 11.0. The van der Waals surface area contributed by atoms with E-state index in [9.17, 15) is 14.4 Å². The number of Topliss-reactive ketones (excluding diaryl/α,β-unsaturated/α-hetero) is 1. The van der Waals surface area contributed by atoms with Gasteiger partial charge in [-0.25, -0.2) is 0 Å². The molecule has 0 atom stereocenters. The van der Waals surface area contributed by atoms with Crippen LogP contribution in [0, 0.1) is 0 Å². The summed E-state index contributed by atoms with van der Waals surface area (Å²) in [5.74, 6) is -1.07. The Bertz CT molecular complexity index is 479. The Morgan fingerprint density at radius 1 is 1.11 bits per heavy atom. The van der Waals surface area contributed by atoms with Gasteiger partial charge >= 0.3 is 5.97 Å². The molecular weight excluding hydrogens is 246 g/mol. The summed E-state index contributed by atoms with van der Waals surface area (Å²) in [5.41, 5.74) is 1.28. The predicted molar refractivity (Wildman–Crippen MR) is 71.3 cm³/mol. The number of carbonyl (C=O) groups excluding carboxylic acids is 2. The molecular formula is C14H17NO4. The smallest absolute Gasteiger partial charge is 0.303 e. The molecule has 0 aromatic heterocycles. The molecule has 19 heavy (non-hydrogen) atoms. The van der Waals surface area contributed by atoms with Gasteiger partial charge in [-0.05, 0) is 37.6 Å². The highest BCUT2D eigenvalue weighted by atomic mass is 16.4. The number of aliphatic carboxylic acids is 1. The van der Waals surface area contributed by atoms with E-state index < -0.39 is 5.97 Å². The number of amides is 1. The molecule has 0 bridgehead atoms. The summed E-state index contributed by atoms with van der Waals surface area (Å²) in [6, 6.07) is 6.73. The fourth-order valence-electron chi connectivity index (χ4n) is 1.62. The first kappa shape index (κ1) is 14.9. The first-order valence-corrected chi connectivity index (χ1v) is 6.01. The van der Waals surface area contributed by atoms with Crippen LogP contribution in [0.3, 0.4) is 0 Å². The summed E-state index contributed by atoms with van der Waals surface area (Å²) in [6.45, 7) is 1.48. The van der Waals surface area contributed by atoms with Crippen LogP contribution in [0.15, 0.2) is 24.3 Å². The summed E-state index contributed by atoms with van der Waals surface area (Å²) in [4.78, 5) is 34.8. The van der Waals surface area contributed by atoms with Crippen molar-refractivity contribution in [2.75, 3.05) is 11.9 Å². The highest BCUT2D eigenvalue weighted by Crippen LogP contribution is 2.15. The van der Waals surface area contributed by atoms with Crippen molar-refractivity contribution in [2.45, 2.75) is 26.2 Å². The third-order valence-corrected chi connectivity index (χ3v) is 2.82. The number of ketones is 1. The maximum Gasteiger partial charge on any atom is 0.303 e. The molecule has 0 fully saturated rings. The van der Waals surface area contributed by atoms with Crippen molar-refractivity contribution in [3.63, 3.8) is 0 Å². The lowest BCUT2D eigenvalue weighted by Gasteiger charge is -2.17. The molecule has 1 amide bonds. The number of hydrogen-bond donors (Lipinski definition) is 1. The van der Waals surface area contributed by atoms with Gasteiger partial charge < -0.3 is 10.0 Å². The highest BCUT2D eigenvalue weighted by Gasteiger charge is 2.11. The summed E-state index contributed by atoms with van der Waals surface area (Å²) < 4.78 is 0. The molecule has 1 N–H and O–H groups in total. The molecule has 0 saturated carbocycles. The minimum absolute atomic E-state index is 0.0111. The number of nitrogens with zero attached hydrogens (tertiary/aromatic N) is 1. The third-order valence-electron chi connectivity index (χ3n) is 2.82. The van der Waals surface area contributed by atoms with E-state index in [2.05, 4.69) is 0 Å². The molecule has 0 saturated heterocycles. The van der Waals surface area contributed by atoms with Gasteiger partial charge in [0.2, 0.25) is 5.91 Å². The van der Waals surface area contributed by atoms with Gasteiger partial charge in [-0.1, -0.05) is 0 Å². The predicted octanol–water partition coefficient (Wildman–Crippen LogP) is 2.11. The lowest BCUT2D eigenvalue weighted by Crippen LogP contribution is -2.26. The van der Waals surface area contributed by atoms with Crippen molar-refractivity contribution in [3.05, 3.63) is 29.8 Å². The van der Waals surface area contributed by atoms with Crippen LogP contribution >= 0.6 is 0 Å². The normalized spacial score (nSPS) is 10.0. The third kappa shape index (κ3) is 4.54. The molecule has 0 unspecified atom stereocenters. The average molecular weight is 263 g/mol. The number of hydrogen-bond acceptors (Lipinski definition) is 3. The van der Waals surface area contributed by atoms with E-state index in [4.69, 9.17) is 5.11 Å². The van der Waals surface area contributed by atoms with Gasteiger partial charge in [0.15, 0.2) is 5.78 Å². The molecule has 0 radical (unpaired) electrons. The first-order chi connectivity index (χ1) is 8.91. The van der Waals surface area contributed by atoms with Crippen molar-refractivity contribution >= 4 is 23.3 Å². The Morgan fingerprint density at radius 2 is 1.68 bits per heavy atom. The molecule has 1 aromatic carbocycles. The zero-order chi connectivity index (χ0) is 14.4. The van der Waals surface area contributed by atoms with Crippen LogP contribution in [0.4, 0.5) is 5.69 Å². The van der Waals surface area contributed by atoms with Crippen LogP contribution < -0.4 is 4.90 Å². The van der Waals surface area contributed by atoms with Crippen LogP contribution in [0.2, 0.25) is 0 Å². The largest absolute Gasteiger partial charge is 0.481 e. The molecule has 5 nitrogen and oxygen atoms in total. The van der Waals surface area contributed by atoms with Gasteiger partial charge in [0.05, 0.1) is 0 Å². The molecule has 1 rings (SSSR count). The highest BCUT2D eigenvalue weighted by molar-refractivity contribution is 5.96. The summed E-state index contributed by atoms with van der Waals surface area (Å²) in [6.07, 6.45) is 0.504. The topological polar surface area (TPSA) is 74.7 Å². The van der Waals surface area contributed by atoms with Gasteiger partial charge in [0.1, 0.15) is 0 Å². The molecule has 5 heteroatoms. The second-order valence-electron chi connectivity index (χ2n) is 4.30. The Balaban J connectivity index is 2.61. The number of rotatable bonds is 6. The number of benzene rings is 1. The number of carboxylic acids is 1. The summed E-state index contributed by atoms with van der Waals surface area (Å²) >= 11 is 0. The van der Waals surface area contributed by atoms with Crippen LogP contribution in [0.5, 0.6) is 0 Å². The monoisotopic (exact) mass is 263 g/mol. The van der Waals surface area contributed by atoms with Crippen molar-refractivity contribution in [1.82, 2.24) is 0 Å². The molecule has 0 aliphatic heterocycles. The van der Waals surface area contributed by atoms with Crippen molar-refractivity contribution in [3.8, 4) is 0 Å². The molecule has 102 valence electrons. The Kier molecular flexibility index (Phi) is 5.23. The SMILES string of the molecule is CC(=O)c1ccc(N(C)C(=O)CCCC(=O)O)cc1. The van der Waals surface area contributed by atoms with Crippen LogP contribution in [0.1, 0.15) is 36.5 Å². The van der Waals surface area contributed by atoms with Gasteiger partial charge in [-0.15, -0.1) is 0 Å². The molecule has 0 heterocycles. The van der Waals surface area contributed by atoms with E-state index >= 15 is 0 Å². The second-order valence-corrected chi connectivity index (χ2v) is 4.30. The maximum absolute atomic E-state index is 11.8. The summed E-state index contributed by atoms with van der Waals surface area (Å²) in [5, 5.41) is 8.51. The van der Waals surface area contributed by atoms with E-state index in [0.29, 0.717) is 17.7 Å². The van der Waals surface area contributed by atoms with Gasteiger partial charge in [-0.3, -0.25) is 14.4 Å². The van der Waals surface area contributed by atoms with E-state index in [1.54, 1.807) is 31.3 Å². The maximum atomic E-state index is 11.8. The van der Waals surface area contributed by atoms with Crippen molar-refractivity contribution in [1.29, 1.82) is 0 Å². The van der Waals surface area contributed by atoms with E-state index in [1.807, 2.05) is 0 Å². The summed E-state index contributed by atoms with van der Waals surface area (Å²) in [7, 11) is 1.63. The van der Waals surface area contributed by atoms with Gasteiger partial charge in [-0.2, -0.15) is 0 Å². The molecule has 0 spiro atoms. The van der Waals surface area contributed by atoms with E-state index in [1.165, 1.54) is 11.8 Å². The van der Waals surface area contributed by atoms with Crippen molar-refractivity contribution < 1.29 is 19.5 Å². The second kappa shape index (κ2) is 6.68. The van der Waals surface area contributed by atoms with Gasteiger partial charge in [0, 0.05) is 31.1 Å². The molecule has 1 aromatic rings. The Labute approximate surface area is 111 Å². The number of carbonyl (C=O) groups is 3. The molecule has 0 aliphatic carbocycles. The zero-order valence-electron chi connectivity index (χ0n) is 11.0. The Morgan fingerprint density at radius 3 is 2.16 bits per heavy atom. The van der Waals surface area contributed by atoms with Crippen LogP contribution in [-0.4, -0.2) is 29.8 Å². The standard InChI is InChI=1S/C14H17NO4/c1-10(16)11-6-8-12(9-7-11)15(2)13(17)4-3-5-14(18)19/h6-9H,3-5H2,1-2H3,(H,18,19). The average Bonchev–Trinajstić information content (AvgIpc) is 2.37. The fraction of sp³-hybridized carbons (Fsp3) is 0.357. The van der Waals surface area contributed by atoms with Crippen LogP contribution in [0.25, 0.3) is 0 Å². The van der Waals surface area contributed by atoms with Gasteiger partial charge in [0.25, 0.3) is 0 Å². The van der Waals surface area contributed by atoms with E-state index in [-0.39, 0.29) is 24.5 Å². The minimum Gasteiger partial charge on any atom is -0.481 e. The van der Waals surface area contributed by atoms with E-state index in [0.717, 1.165) is 0 Å². The minimum atomic E-state index is -0.902.